The maximum Gasteiger partial charge on any atom is 1.00 e. The molecule has 0 unspecified atom stereocenters. The minimum absolute atomic E-state index is 0. The van der Waals surface area contributed by atoms with Gasteiger partial charge in [0.25, 0.3) is 0 Å². The quantitative estimate of drug-likeness (QED) is 0.124. The fourth-order valence-corrected chi connectivity index (χ4v) is 11.4. The molecular weight excluding hydrogens is 969 g/mol. The third-order valence-electron chi connectivity index (χ3n) is 14.3. The van der Waals surface area contributed by atoms with E-state index < -0.39 is 23.2 Å². The molecule has 380 valence electrons. The van der Waals surface area contributed by atoms with Crippen LogP contribution in [0.2, 0.25) is 5.15 Å². The molecule has 0 radical (unpaired) electrons. The average molecular weight is 1030 g/mol. The van der Waals surface area contributed by atoms with Crippen molar-refractivity contribution in [2.24, 2.45) is 11.8 Å². The SMILES string of the molecule is C.CC1(C)O[C@@H]2[C@@H](CCc3ccc4cc(F)c(N)nc4c3)C[C@@H](n3ccc4c(Cl)ncnc43)[C@@H]2O1.COc1ncnc2c1ccn2[C@@H]1C[C@H](CCc2ccc3cc(F)c(N)nc3c2)[C@H]2OC(C)(C)O[C@H]21.C[O-].[Na+]. The number of nitrogen functional groups attached to an aromatic ring is 2. The molecule has 0 spiro atoms. The predicted molar refractivity (Wildman–Crippen MR) is 270 cm³/mol. The van der Waals surface area contributed by atoms with Gasteiger partial charge in [0.15, 0.2) is 34.8 Å². The van der Waals surface area contributed by atoms with Gasteiger partial charge in [-0.25, -0.2) is 38.7 Å². The molecule has 8 heterocycles. The number of hydrogen-bond donors (Lipinski definition) is 2. The Labute approximate surface area is 449 Å². The van der Waals surface area contributed by atoms with E-state index in [9.17, 15) is 8.78 Å². The van der Waals surface area contributed by atoms with Gasteiger partial charge < -0.3 is 49.4 Å². The molecule has 2 aromatic carbocycles. The molecule has 12 rings (SSSR count). The largest absolute Gasteiger partial charge is 1.00 e. The second kappa shape index (κ2) is 21.6. The molecule has 8 atom stereocenters. The molecule has 4 aliphatic rings. The van der Waals surface area contributed by atoms with Gasteiger partial charge in [-0.3, -0.25) is 0 Å². The van der Waals surface area contributed by atoms with Crippen molar-refractivity contribution < 1.29 is 67.1 Å². The number of halogens is 3. The van der Waals surface area contributed by atoms with Crippen LogP contribution in [0.5, 0.6) is 5.88 Å². The predicted octanol–water partition coefficient (Wildman–Crippen LogP) is 6.11. The van der Waals surface area contributed by atoms with Crippen molar-refractivity contribution in [1.82, 2.24) is 39.0 Å². The summed E-state index contributed by atoms with van der Waals surface area (Å²) < 4.78 is 62.8. The Hall–Kier alpha value is -5.15. The van der Waals surface area contributed by atoms with Gasteiger partial charge in [-0.2, -0.15) is 7.11 Å². The fraction of sp³-hybridized carbons (Fsp3) is 0.434. The molecule has 16 nitrogen and oxygen atoms in total. The first kappa shape index (κ1) is 54.1. The molecule has 20 heteroatoms. The molecule has 2 saturated carbocycles. The minimum Gasteiger partial charge on any atom is -0.857 e. The van der Waals surface area contributed by atoms with Crippen molar-refractivity contribution in [3.63, 3.8) is 0 Å². The smallest absolute Gasteiger partial charge is 0.857 e. The van der Waals surface area contributed by atoms with E-state index in [1.54, 1.807) is 7.11 Å². The summed E-state index contributed by atoms with van der Waals surface area (Å²) in [5.74, 6) is -1.25. The van der Waals surface area contributed by atoms with Crippen molar-refractivity contribution in [3.05, 3.63) is 114 Å². The van der Waals surface area contributed by atoms with Crippen LogP contribution in [0.25, 0.3) is 43.9 Å². The van der Waals surface area contributed by atoms with E-state index in [4.69, 9.17) is 51.9 Å². The summed E-state index contributed by atoms with van der Waals surface area (Å²) in [6, 6.07) is 18.8. The Bertz CT molecular complexity index is 3270. The number of hydrogen-bond acceptors (Lipinski definition) is 14. The van der Waals surface area contributed by atoms with E-state index in [0.717, 1.165) is 89.6 Å². The molecular formula is C53H60ClF2N10NaO6. The molecule has 8 aromatic rings. The fourth-order valence-electron chi connectivity index (χ4n) is 11.2. The number of fused-ring (bicyclic) bond motifs is 6. The molecule has 2 aliphatic heterocycles. The first-order chi connectivity index (χ1) is 34.1. The van der Waals surface area contributed by atoms with Crippen LogP contribution in [0.3, 0.4) is 0 Å². The normalized spacial score (nSPS) is 24.3. The van der Waals surface area contributed by atoms with Gasteiger partial charge >= 0.3 is 29.6 Å². The van der Waals surface area contributed by atoms with Gasteiger partial charge in [0.05, 0.1) is 53.2 Å². The zero-order chi connectivity index (χ0) is 49.9. The summed E-state index contributed by atoms with van der Waals surface area (Å²) in [6.45, 7) is 7.86. The molecule has 0 amide bonds. The van der Waals surface area contributed by atoms with Crippen LogP contribution in [-0.4, -0.2) is 89.2 Å². The molecule has 2 aliphatic carbocycles. The van der Waals surface area contributed by atoms with Crippen LogP contribution < -0.4 is 50.9 Å². The monoisotopic (exact) mass is 1030 g/mol. The number of pyridine rings is 2. The van der Waals surface area contributed by atoms with E-state index in [2.05, 4.69) is 39.0 Å². The van der Waals surface area contributed by atoms with Crippen molar-refractivity contribution in [2.45, 2.75) is 122 Å². The number of aromatic nitrogens is 8. The summed E-state index contributed by atoms with van der Waals surface area (Å²) in [4.78, 5) is 25.8. The Morgan fingerprint density at radius 1 is 0.658 bits per heavy atom. The molecule has 6 aromatic heterocycles. The standard InChI is InChI=1S/C26H28FN5O3.C25H25ClFN5O2.CH3O.CH4.Na/c1-26(2)34-21-16(7-5-14-4-6-15-11-18(27)23(28)31-19(15)10-14)12-20(22(21)35-26)32-9-8-17-24(32)29-13-30-25(17)33-3;1-25(2)33-20-15(6-4-13-3-5-14-10-17(27)23(28)31-18(14)9-13)11-19(21(20)34-25)32-8-7-16-22(26)29-12-30-24(16)32;1-2;;/h4,6,8-11,13,16,20-22H,5,7,12H2,1-3H3,(H2,28,31);3,5,7-10,12,15,19-21H,4,6,11H2,1-2H3,(H2,28,31);1H3;1H4;/q;;-1;;+1/t16-,20+,21+,22-;15-,19+,20+,21-;;;/m00.../s1. The van der Waals surface area contributed by atoms with Crippen LogP contribution in [0.15, 0.2) is 85.7 Å². The maximum atomic E-state index is 13.8. The van der Waals surface area contributed by atoms with E-state index in [-0.39, 0.29) is 85.1 Å². The summed E-state index contributed by atoms with van der Waals surface area (Å²) in [6.07, 6.45) is 12.3. The minimum atomic E-state index is -0.643. The van der Waals surface area contributed by atoms with Gasteiger partial charge in [-0.15, -0.1) is 0 Å². The third-order valence-corrected chi connectivity index (χ3v) is 14.6. The number of ether oxygens (including phenoxy) is 5. The average Bonchev–Trinajstić information content (AvgIpc) is 4.21. The number of nitrogens with zero attached hydrogens (tertiary/aromatic N) is 8. The summed E-state index contributed by atoms with van der Waals surface area (Å²) >= 11 is 6.29. The zero-order valence-corrected chi connectivity index (χ0v) is 44.0. The molecule has 0 bridgehead atoms. The Balaban J connectivity index is 0.000000184. The van der Waals surface area contributed by atoms with E-state index >= 15 is 0 Å². The van der Waals surface area contributed by atoms with E-state index in [1.807, 2.05) is 88.6 Å². The van der Waals surface area contributed by atoms with Crippen LogP contribution >= 0.6 is 11.6 Å². The van der Waals surface area contributed by atoms with Crippen LogP contribution in [0, 0.1) is 23.5 Å². The number of aryl methyl sites for hydroxylation is 2. The first-order valence-electron chi connectivity index (χ1n) is 23.8. The van der Waals surface area contributed by atoms with Gasteiger partial charge in [-0.1, -0.05) is 43.3 Å². The van der Waals surface area contributed by atoms with Gasteiger partial charge in [0.2, 0.25) is 5.88 Å². The van der Waals surface area contributed by atoms with Gasteiger partial charge in [-0.05, 0) is 126 Å². The topological polar surface area (TPSA) is 208 Å². The van der Waals surface area contributed by atoms with Crippen molar-refractivity contribution >= 4 is 67.1 Å². The number of benzene rings is 2. The Kier molecular flexibility index (Phi) is 16.0. The summed E-state index contributed by atoms with van der Waals surface area (Å²) in [5.41, 5.74) is 16.7. The first-order valence-corrected chi connectivity index (χ1v) is 24.1. The second-order valence-corrected chi connectivity index (χ2v) is 19.9. The molecule has 4 N–H and O–H groups in total. The number of nitrogens with two attached hydrogens (primary N) is 2. The van der Waals surface area contributed by atoms with Gasteiger partial charge in [0.1, 0.15) is 41.3 Å². The van der Waals surface area contributed by atoms with Crippen molar-refractivity contribution in [2.75, 3.05) is 25.7 Å². The number of rotatable bonds is 9. The zero-order valence-electron chi connectivity index (χ0n) is 41.3. The molecule has 4 fully saturated rings. The van der Waals surface area contributed by atoms with Crippen LogP contribution in [-0.2, 0) is 31.8 Å². The maximum absolute atomic E-state index is 13.8. The third kappa shape index (κ3) is 10.6. The van der Waals surface area contributed by atoms with Crippen molar-refractivity contribution in [1.29, 1.82) is 0 Å². The Morgan fingerprint density at radius 2 is 1.10 bits per heavy atom. The summed E-state index contributed by atoms with van der Waals surface area (Å²) in [5, 5.41) is 11.9. The molecule has 73 heavy (non-hydrogen) atoms. The number of methoxy groups -OCH3 is 1. The van der Waals surface area contributed by atoms with Crippen LogP contribution in [0.1, 0.15) is 84.0 Å². The number of anilines is 2. The molecule has 2 saturated heterocycles. The Morgan fingerprint density at radius 3 is 1.58 bits per heavy atom. The summed E-state index contributed by atoms with van der Waals surface area (Å²) in [7, 11) is 2.37. The van der Waals surface area contributed by atoms with E-state index in [0.29, 0.717) is 33.9 Å². The van der Waals surface area contributed by atoms with Crippen LogP contribution in [0.4, 0.5) is 20.4 Å². The van der Waals surface area contributed by atoms with E-state index in [1.165, 1.54) is 24.8 Å². The second-order valence-electron chi connectivity index (χ2n) is 19.6. The van der Waals surface area contributed by atoms with Crippen molar-refractivity contribution in [3.8, 4) is 5.88 Å². The van der Waals surface area contributed by atoms with Gasteiger partial charge in [0, 0.05) is 23.2 Å².